The van der Waals surface area contributed by atoms with E-state index in [4.69, 9.17) is 4.99 Å². The third-order valence-corrected chi connectivity index (χ3v) is 5.42. The summed E-state index contributed by atoms with van der Waals surface area (Å²) in [5, 5.41) is 3.87. The third kappa shape index (κ3) is 5.85. The van der Waals surface area contributed by atoms with Gasteiger partial charge in [0, 0.05) is 55.3 Å². The van der Waals surface area contributed by atoms with E-state index in [0.717, 1.165) is 51.2 Å². The van der Waals surface area contributed by atoms with Crippen LogP contribution in [0, 0.1) is 0 Å². The minimum absolute atomic E-state index is 0.431. The molecule has 1 unspecified atom stereocenters. The quantitative estimate of drug-likeness (QED) is 0.470. The topological polar surface area (TPSA) is 56.7 Å². The lowest BCUT2D eigenvalue weighted by atomic mass is 10.3. The predicted octanol–water partition coefficient (Wildman–Crippen LogP) is 2.74. The van der Waals surface area contributed by atoms with Crippen LogP contribution in [-0.2, 0) is 0 Å². The molecular weight excluding hydrogens is 356 g/mol. The SMILES string of the molecule is CCNC(=NCC(C)Sc1ccccc1)N1CCN(c2ncccn2)CC1. The van der Waals surface area contributed by atoms with Crippen molar-refractivity contribution in [1.82, 2.24) is 20.2 Å². The molecule has 1 aliphatic rings. The Kier molecular flexibility index (Phi) is 7.33. The molecule has 1 atom stereocenters. The molecular formula is C20H28N6S. The van der Waals surface area contributed by atoms with Crippen molar-refractivity contribution < 1.29 is 0 Å². The maximum atomic E-state index is 4.89. The van der Waals surface area contributed by atoms with E-state index >= 15 is 0 Å². The van der Waals surface area contributed by atoms with Crippen LogP contribution >= 0.6 is 11.8 Å². The first-order valence-electron chi connectivity index (χ1n) is 9.53. The highest BCUT2D eigenvalue weighted by Gasteiger charge is 2.21. The molecule has 27 heavy (non-hydrogen) atoms. The summed E-state index contributed by atoms with van der Waals surface area (Å²) in [6, 6.07) is 12.4. The molecule has 0 bridgehead atoms. The van der Waals surface area contributed by atoms with Crippen LogP contribution in [-0.4, -0.2) is 65.3 Å². The molecule has 0 aliphatic carbocycles. The summed E-state index contributed by atoms with van der Waals surface area (Å²) in [6.07, 6.45) is 3.60. The Morgan fingerprint density at radius 2 is 1.81 bits per heavy atom. The summed E-state index contributed by atoms with van der Waals surface area (Å²) in [7, 11) is 0. The molecule has 0 radical (unpaired) electrons. The van der Waals surface area contributed by atoms with Crippen LogP contribution in [0.5, 0.6) is 0 Å². The molecule has 1 saturated heterocycles. The van der Waals surface area contributed by atoms with Gasteiger partial charge >= 0.3 is 0 Å². The Morgan fingerprint density at radius 1 is 1.11 bits per heavy atom. The molecule has 1 aromatic carbocycles. The van der Waals surface area contributed by atoms with E-state index in [1.54, 1.807) is 12.4 Å². The van der Waals surface area contributed by atoms with Crippen molar-refractivity contribution in [3.05, 3.63) is 48.8 Å². The third-order valence-electron chi connectivity index (χ3n) is 4.33. The zero-order valence-electron chi connectivity index (χ0n) is 16.1. The first-order chi connectivity index (χ1) is 13.3. The summed E-state index contributed by atoms with van der Waals surface area (Å²) >= 11 is 1.87. The monoisotopic (exact) mass is 384 g/mol. The van der Waals surface area contributed by atoms with Gasteiger partial charge in [0.25, 0.3) is 0 Å². The van der Waals surface area contributed by atoms with E-state index in [0.29, 0.717) is 5.25 Å². The second kappa shape index (κ2) is 10.2. The zero-order chi connectivity index (χ0) is 18.9. The van der Waals surface area contributed by atoms with Gasteiger partial charge in [0.05, 0.1) is 6.54 Å². The Balaban J connectivity index is 1.54. The van der Waals surface area contributed by atoms with E-state index in [1.807, 2.05) is 17.8 Å². The summed E-state index contributed by atoms with van der Waals surface area (Å²) in [5.74, 6) is 1.82. The fourth-order valence-electron chi connectivity index (χ4n) is 2.98. The molecule has 0 saturated carbocycles. The van der Waals surface area contributed by atoms with E-state index in [-0.39, 0.29) is 0 Å². The molecule has 0 spiro atoms. The molecule has 0 amide bonds. The number of aromatic nitrogens is 2. The maximum absolute atomic E-state index is 4.89. The minimum atomic E-state index is 0.431. The average Bonchev–Trinajstić information content (AvgIpc) is 2.73. The average molecular weight is 385 g/mol. The highest BCUT2D eigenvalue weighted by molar-refractivity contribution is 8.00. The molecule has 1 fully saturated rings. The molecule has 1 aromatic heterocycles. The highest BCUT2D eigenvalue weighted by atomic mass is 32.2. The van der Waals surface area contributed by atoms with Crippen molar-refractivity contribution in [2.75, 3.05) is 44.2 Å². The van der Waals surface area contributed by atoms with Gasteiger partial charge in [-0.05, 0) is 25.1 Å². The van der Waals surface area contributed by atoms with Crippen molar-refractivity contribution in [2.24, 2.45) is 4.99 Å². The van der Waals surface area contributed by atoms with Crippen molar-refractivity contribution in [3.8, 4) is 0 Å². The van der Waals surface area contributed by atoms with Gasteiger partial charge in [-0.3, -0.25) is 4.99 Å². The number of aliphatic imine (C=N–C) groups is 1. The molecule has 3 rings (SSSR count). The Morgan fingerprint density at radius 3 is 2.48 bits per heavy atom. The number of rotatable bonds is 6. The molecule has 144 valence electrons. The number of benzene rings is 1. The lowest BCUT2D eigenvalue weighted by molar-refractivity contribution is 0.370. The van der Waals surface area contributed by atoms with Crippen molar-refractivity contribution in [3.63, 3.8) is 0 Å². The van der Waals surface area contributed by atoms with Crippen LogP contribution in [0.1, 0.15) is 13.8 Å². The summed E-state index contributed by atoms with van der Waals surface area (Å²) in [4.78, 5) is 19.5. The Hall–Kier alpha value is -2.28. The van der Waals surface area contributed by atoms with Crippen LogP contribution in [0.25, 0.3) is 0 Å². The molecule has 2 aromatic rings. The van der Waals surface area contributed by atoms with Gasteiger partial charge < -0.3 is 15.1 Å². The molecule has 6 nitrogen and oxygen atoms in total. The van der Waals surface area contributed by atoms with Gasteiger partial charge in [-0.1, -0.05) is 25.1 Å². The van der Waals surface area contributed by atoms with Gasteiger partial charge in [0.1, 0.15) is 0 Å². The van der Waals surface area contributed by atoms with Crippen LogP contribution in [0.3, 0.4) is 0 Å². The highest BCUT2D eigenvalue weighted by Crippen LogP contribution is 2.22. The summed E-state index contributed by atoms with van der Waals surface area (Å²) < 4.78 is 0. The van der Waals surface area contributed by atoms with Crippen LogP contribution in [0.4, 0.5) is 5.95 Å². The maximum Gasteiger partial charge on any atom is 0.225 e. The first-order valence-corrected chi connectivity index (χ1v) is 10.4. The summed E-state index contributed by atoms with van der Waals surface area (Å²) in [5.41, 5.74) is 0. The van der Waals surface area contributed by atoms with Gasteiger partial charge in [-0.25, -0.2) is 9.97 Å². The standard InChI is InChI=1S/C20H28N6S/c1-3-21-19(24-16-17(2)27-18-8-5-4-6-9-18)25-12-14-26(15-13-25)20-22-10-7-11-23-20/h4-11,17H,3,12-16H2,1-2H3,(H,21,24). The van der Waals surface area contributed by atoms with Crippen LogP contribution < -0.4 is 10.2 Å². The van der Waals surface area contributed by atoms with E-state index in [1.165, 1.54) is 4.90 Å². The Bertz CT molecular complexity index is 701. The van der Waals surface area contributed by atoms with E-state index < -0.39 is 0 Å². The fourth-order valence-corrected chi connectivity index (χ4v) is 3.91. The lowest BCUT2D eigenvalue weighted by Gasteiger charge is -2.36. The molecule has 1 N–H and O–H groups in total. The smallest absolute Gasteiger partial charge is 0.225 e. The van der Waals surface area contributed by atoms with Crippen LogP contribution in [0.15, 0.2) is 58.7 Å². The largest absolute Gasteiger partial charge is 0.357 e. The fraction of sp³-hybridized carbons (Fsp3) is 0.450. The van der Waals surface area contributed by atoms with Crippen molar-refractivity contribution in [1.29, 1.82) is 0 Å². The lowest BCUT2D eigenvalue weighted by Crippen LogP contribution is -2.53. The number of anilines is 1. The number of nitrogens with zero attached hydrogens (tertiary/aromatic N) is 5. The number of hydrogen-bond acceptors (Lipinski definition) is 5. The molecule has 1 aliphatic heterocycles. The van der Waals surface area contributed by atoms with Crippen molar-refractivity contribution in [2.45, 2.75) is 24.0 Å². The predicted molar refractivity (Wildman–Crippen MR) is 114 cm³/mol. The second-order valence-corrected chi connectivity index (χ2v) is 7.97. The van der Waals surface area contributed by atoms with Crippen LogP contribution in [0.2, 0.25) is 0 Å². The second-order valence-electron chi connectivity index (χ2n) is 6.46. The zero-order valence-corrected chi connectivity index (χ0v) is 16.9. The van der Waals surface area contributed by atoms with Gasteiger partial charge in [-0.2, -0.15) is 0 Å². The molecule has 7 heteroatoms. The number of piperazine rings is 1. The number of guanidine groups is 1. The van der Waals surface area contributed by atoms with Gasteiger partial charge in [0.15, 0.2) is 5.96 Å². The van der Waals surface area contributed by atoms with E-state index in [2.05, 4.69) is 69.3 Å². The van der Waals surface area contributed by atoms with Gasteiger partial charge in [0.2, 0.25) is 5.95 Å². The minimum Gasteiger partial charge on any atom is -0.357 e. The number of thioether (sulfide) groups is 1. The number of nitrogens with one attached hydrogen (secondary N) is 1. The van der Waals surface area contributed by atoms with Gasteiger partial charge in [-0.15, -0.1) is 11.8 Å². The molecule has 2 heterocycles. The van der Waals surface area contributed by atoms with Crippen molar-refractivity contribution >= 4 is 23.7 Å². The first kappa shape index (κ1) is 19.5. The summed E-state index contributed by atoms with van der Waals surface area (Å²) in [6.45, 7) is 9.67. The Labute approximate surface area is 166 Å². The van der Waals surface area contributed by atoms with E-state index in [9.17, 15) is 0 Å². The normalized spacial score (nSPS) is 16.3. The number of hydrogen-bond donors (Lipinski definition) is 1.